The molecule has 1 aliphatic carbocycles. The van der Waals surface area contributed by atoms with E-state index in [1.807, 2.05) is 6.92 Å². The van der Waals surface area contributed by atoms with Crippen LogP contribution in [-0.2, 0) is 4.79 Å². The maximum absolute atomic E-state index is 13.8. The Morgan fingerprint density at radius 3 is 2.67 bits per heavy atom. The minimum atomic E-state index is -0.370. The Balaban J connectivity index is 1.96. The monoisotopic (exact) mass is 378 g/mol. The van der Waals surface area contributed by atoms with Crippen LogP contribution < -0.4 is 15.4 Å². The van der Waals surface area contributed by atoms with E-state index in [1.54, 1.807) is 32.3 Å². The molecular formula is C20H31FN4O2. The zero-order valence-corrected chi connectivity index (χ0v) is 16.5. The first-order valence-corrected chi connectivity index (χ1v) is 9.65. The van der Waals surface area contributed by atoms with Crippen molar-refractivity contribution in [2.24, 2.45) is 4.99 Å². The van der Waals surface area contributed by atoms with Gasteiger partial charge in [-0.1, -0.05) is 31.9 Å². The van der Waals surface area contributed by atoms with Crippen molar-refractivity contribution >= 4 is 11.9 Å². The molecule has 1 aromatic rings. The molecule has 0 aliphatic heterocycles. The second kappa shape index (κ2) is 10.7. The third-order valence-electron chi connectivity index (χ3n) is 4.65. The SMILES string of the molecule is CCC(CNC(=NCC(=O)N(C)C)NC1CCCC1)Oc1ccccc1F. The van der Waals surface area contributed by atoms with Crippen LogP contribution >= 0.6 is 0 Å². The van der Waals surface area contributed by atoms with Gasteiger partial charge in [0, 0.05) is 20.1 Å². The van der Waals surface area contributed by atoms with Crippen LogP contribution in [0.25, 0.3) is 0 Å². The molecule has 150 valence electrons. The van der Waals surface area contributed by atoms with Gasteiger partial charge in [0.25, 0.3) is 0 Å². The Hall–Kier alpha value is -2.31. The van der Waals surface area contributed by atoms with E-state index < -0.39 is 0 Å². The quantitative estimate of drug-likeness (QED) is 0.539. The average Bonchev–Trinajstić information content (AvgIpc) is 3.16. The fraction of sp³-hybridized carbons (Fsp3) is 0.600. The number of ether oxygens (including phenoxy) is 1. The summed E-state index contributed by atoms with van der Waals surface area (Å²) in [6.07, 6.45) is 5.12. The van der Waals surface area contributed by atoms with Crippen molar-refractivity contribution < 1.29 is 13.9 Å². The first kappa shape index (κ1) is 21.0. The molecule has 6 nitrogen and oxygen atoms in total. The average molecular weight is 378 g/mol. The number of carbonyl (C=O) groups excluding carboxylic acids is 1. The minimum absolute atomic E-state index is 0.0582. The number of rotatable bonds is 8. The molecule has 1 atom stereocenters. The molecule has 1 aliphatic rings. The van der Waals surface area contributed by atoms with Crippen LogP contribution in [0.4, 0.5) is 4.39 Å². The lowest BCUT2D eigenvalue weighted by atomic mass is 10.2. The fourth-order valence-electron chi connectivity index (χ4n) is 2.90. The Kier molecular flexibility index (Phi) is 8.36. The number of aliphatic imine (C=N–C) groups is 1. The number of halogens is 1. The van der Waals surface area contributed by atoms with Crippen LogP contribution in [0, 0.1) is 5.82 Å². The Morgan fingerprint density at radius 1 is 1.33 bits per heavy atom. The number of hydrogen-bond acceptors (Lipinski definition) is 3. The topological polar surface area (TPSA) is 66.0 Å². The van der Waals surface area contributed by atoms with E-state index in [1.165, 1.54) is 23.8 Å². The van der Waals surface area contributed by atoms with Crippen molar-refractivity contribution in [3.8, 4) is 5.75 Å². The van der Waals surface area contributed by atoms with Crippen LogP contribution in [0.2, 0.25) is 0 Å². The summed E-state index contributed by atoms with van der Waals surface area (Å²) in [5, 5.41) is 6.66. The number of benzene rings is 1. The molecule has 2 rings (SSSR count). The van der Waals surface area contributed by atoms with Crippen LogP contribution in [0.5, 0.6) is 5.75 Å². The molecule has 0 heterocycles. The van der Waals surface area contributed by atoms with Gasteiger partial charge in [-0.2, -0.15) is 0 Å². The molecule has 2 N–H and O–H groups in total. The van der Waals surface area contributed by atoms with Gasteiger partial charge in [-0.05, 0) is 31.4 Å². The highest BCUT2D eigenvalue weighted by Gasteiger charge is 2.18. The smallest absolute Gasteiger partial charge is 0.243 e. The first-order chi connectivity index (χ1) is 13.0. The van der Waals surface area contributed by atoms with E-state index >= 15 is 0 Å². The molecule has 0 spiro atoms. The number of para-hydroxylation sites is 1. The van der Waals surface area contributed by atoms with E-state index in [9.17, 15) is 9.18 Å². The van der Waals surface area contributed by atoms with Gasteiger partial charge in [0.1, 0.15) is 12.6 Å². The summed E-state index contributed by atoms with van der Waals surface area (Å²) in [5.41, 5.74) is 0. The van der Waals surface area contributed by atoms with Gasteiger partial charge in [0.15, 0.2) is 17.5 Å². The van der Waals surface area contributed by atoms with E-state index in [4.69, 9.17) is 4.74 Å². The van der Waals surface area contributed by atoms with Crippen molar-refractivity contribution in [3.05, 3.63) is 30.1 Å². The van der Waals surface area contributed by atoms with Gasteiger partial charge in [-0.15, -0.1) is 0 Å². The van der Waals surface area contributed by atoms with Crippen LogP contribution in [0.1, 0.15) is 39.0 Å². The normalized spacial score (nSPS) is 16.1. The molecule has 1 saturated carbocycles. The first-order valence-electron chi connectivity index (χ1n) is 9.65. The highest BCUT2D eigenvalue weighted by molar-refractivity contribution is 5.85. The number of amides is 1. The third kappa shape index (κ3) is 7.07. The maximum Gasteiger partial charge on any atom is 0.243 e. The van der Waals surface area contributed by atoms with Crippen LogP contribution in [0.15, 0.2) is 29.3 Å². The van der Waals surface area contributed by atoms with Gasteiger partial charge in [0.2, 0.25) is 5.91 Å². The molecule has 1 unspecified atom stereocenters. The van der Waals surface area contributed by atoms with E-state index in [0.717, 1.165) is 12.8 Å². The third-order valence-corrected chi connectivity index (χ3v) is 4.65. The molecule has 0 bridgehead atoms. The second-order valence-corrected chi connectivity index (χ2v) is 7.04. The number of likely N-dealkylation sites (N-methyl/N-ethyl adjacent to an activating group) is 1. The van der Waals surface area contributed by atoms with Crippen molar-refractivity contribution in [1.82, 2.24) is 15.5 Å². The molecule has 0 radical (unpaired) electrons. The number of nitrogens with one attached hydrogen (secondary N) is 2. The van der Waals surface area contributed by atoms with Crippen molar-refractivity contribution in [2.75, 3.05) is 27.2 Å². The summed E-state index contributed by atoms with van der Waals surface area (Å²) < 4.78 is 19.6. The number of guanidine groups is 1. The molecule has 0 saturated heterocycles. The van der Waals surface area contributed by atoms with Gasteiger partial charge in [0.05, 0.1) is 6.54 Å². The van der Waals surface area contributed by atoms with Crippen molar-refractivity contribution in [3.63, 3.8) is 0 Å². The zero-order valence-electron chi connectivity index (χ0n) is 16.5. The van der Waals surface area contributed by atoms with Gasteiger partial charge >= 0.3 is 0 Å². The van der Waals surface area contributed by atoms with Gasteiger partial charge in [-0.3, -0.25) is 4.79 Å². The van der Waals surface area contributed by atoms with Crippen molar-refractivity contribution in [1.29, 1.82) is 0 Å². The largest absolute Gasteiger partial charge is 0.486 e. The van der Waals surface area contributed by atoms with Crippen LogP contribution in [0.3, 0.4) is 0 Å². The van der Waals surface area contributed by atoms with Gasteiger partial charge < -0.3 is 20.3 Å². The second-order valence-electron chi connectivity index (χ2n) is 7.04. The van der Waals surface area contributed by atoms with E-state index in [0.29, 0.717) is 25.0 Å². The summed E-state index contributed by atoms with van der Waals surface area (Å²) in [6, 6.07) is 6.77. The zero-order chi connectivity index (χ0) is 19.6. The Bertz CT molecular complexity index is 630. The Morgan fingerprint density at radius 2 is 2.04 bits per heavy atom. The predicted octanol–water partition coefficient (Wildman–Crippen LogP) is 2.55. The lowest BCUT2D eigenvalue weighted by Crippen LogP contribution is -2.46. The summed E-state index contributed by atoms with van der Waals surface area (Å²) >= 11 is 0. The fourth-order valence-corrected chi connectivity index (χ4v) is 2.90. The summed E-state index contributed by atoms with van der Waals surface area (Å²) in [7, 11) is 3.43. The lowest BCUT2D eigenvalue weighted by Gasteiger charge is -2.22. The Labute approximate surface area is 161 Å². The summed E-state index contributed by atoms with van der Waals surface area (Å²) in [5.74, 6) is 0.423. The van der Waals surface area contributed by atoms with Gasteiger partial charge in [-0.25, -0.2) is 9.38 Å². The molecule has 1 aromatic carbocycles. The lowest BCUT2D eigenvalue weighted by molar-refractivity contribution is -0.127. The summed E-state index contributed by atoms with van der Waals surface area (Å²) in [4.78, 5) is 17.8. The molecule has 0 aromatic heterocycles. The molecule has 27 heavy (non-hydrogen) atoms. The minimum Gasteiger partial charge on any atom is -0.486 e. The molecule has 1 amide bonds. The number of hydrogen-bond donors (Lipinski definition) is 2. The summed E-state index contributed by atoms with van der Waals surface area (Å²) in [6.45, 7) is 2.55. The maximum atomic E-state index is 13.8. The molecular weight excluding hydrogens is 347 g/mol. The highest BCUT2D eigenvalue weighted by Crippen LogP contribution is 2.18. The standard InChI is InChI=1S/C20H31FN4O2/c1-4-16(27-18-12-8-7-11-17(18)21)13-22-20(23-14-19(26)25(2)3)24-15-9-5-6-10-15/h7-8,11-12,15-16H,4-6,9-10,13-14H2,1-3H3,(H2,22,23,24). The highest BCUT2D eigenvalue weighted by atomic mass is 19.1. The van der Waals surface area contributed by atoms with Crippen molar-refractivity contribution in [2.45, 2.75) is 51.2 Å². The van der Waals surface area contributed by atoms with E-state index in [2.05, 4.69) is 15.6 Å². The van der Waals surface area contributed by atoms with Crippen LogP contribution in [-0.4, -0.2) is 56.1 Å². The predicted molar refractivity (Wildman–Crippen MR) is 105 cm³/mol. The van der Waals surface area contributed by atoms with E-state index in [-0.39, 0.29) is 30.1 Å². The number of carbonyl (C=O) groups is 1. The number of nitrogens with zero attached hydrogens (tertiary/aromatic N) is 2. The molecule has 1 fully saturated rings. The molecule has 7 heteroatoms.